The van der Waals surface area contributed by atoms with Gasteiger partial charge in [-0.25, -0.2) is 9.67 Å². The standard InChI is InChI=1S/C18H15N7O2S/c1-11-17(28-24-23-11)18(26)22-13-4-6-14(7-5-13)27-16-10-15(20-12(2)21-16)25-9-3-8-19-25/h3-10H,1-2H3,(H,22,26). The Balaban J connectivity index is 1.48. The lowest BCUT2D eigenvalue weighted by molar-refractivity contribution is 0.103. The average molecular weight is 393 g/mol. The van der Waals surface area contributed by atoms with Gasteiger partial charge in [-0.2, -0.15) is 10.1 Å². The number of amides is 1. The van der Waals surface area contributed by atoms with E-state index in [4.69, 9.17) is 4.74 Å². The predicted molar refractivity (Wildman–Crippen MR) is 103 cm³/mol. The van der Waals surface area contributed by atoms with Crippen LogP contribution < -0.4 is 10.1 Å². The van der Waals surface area contributed by atoms with Crippen LogP contribution in [0.15, 0.2) is 48.8 Å². The summed E-state index contributed by atoms with van der Waals surface area (Å²) in [5.74, 6) is 1.93. The molecule has 0 unspecified atom stereocenters. The van der Waals surface area contributed by atoms with Crippen molar-refractivity contribution in [2.75, 3.05) is 5.32 Å². The molecule has 10 heteroatoms. The molecule has 3 aromatic heterocycles. The molecule has 0 saturated heterocycles. The van der Waals surface area contributed by atoms with Crippen LogP contribution in [-0.2, 0) is 0 Å². The van der Waals surface area contributed by atoms with E-state index in [1.54, 1.807) is 61.3 Å². The Morgan fingerprint density at radius 3 is 2.68 bits per heavy atom. The van der Waals surface area contributed by atoms with Gasteiger partial charge in [0.2, 0.25) is 5.88 Å². The van der Waals surface area contributed by atoms with E-state index in [9.17, 15) is 4.79 Å². The van der Waals surface area contributed by atoms with Crippen molar-refractivity contribution in [1.82, 2.24) is 29.3 Å². The first-order valence-corrected chi connectivity index (χ1v) is 9.10. The Morgan fingerprint density at radius 1 is 1.18 bits per heavy atom. The van der Waals surface area contributed by atoms with E-state index in [1.165, 1.54) is 0 Å². The molecular weight excluding hydrogens is 378 g/mol. The Morgan fingerprint density at radius 2 is 2.00 bits per heavy atom. The summed E-state index contributed by atoms with van der Waals surface area (Å²) >= 11 is 1.06. The lowest BCUT2D eigenvalue weighted by Crippen LogP contribution is -2.11. The van der Waals surface area contributed by atoms with E-state index < -0.39 is 0 Å². The summed E-state index contributed by atoms with van der Waals surface area (Å²) in [5, 5.41) is 10.8. The smallest absolute Gasteiger partial charge is 0.269 e. The third kappa shape index (κ3) is 3.86. The van der Waals surface area contributed by atoms with Crippen molar-refractivity contribution >= 4 is 23.1 Å². The predicted octanol–water partition coefficient (Wildman–Crippen LogP) is 3.18. The normalized spacial score (nSPS) is 10.6. The first-order valence-electron chi connectivity index (χ1n) is 8.32. The van der Waals surface area contributed by atoms with E-state index in [2.05, 4.69) is 30.0 Å². The SMILES string of the molecule is Cc1nc(Oc2ccc(NC(=O)c3snnc3C)cc2)cc(-n2cccn2)n1. The van der Waals surface area contributed by atoms with E-state index >= 15 is 0 Å². The molecule has 0 saturated carbocycles. The average Bonchev–Trinajstić information content (AvgIpc) is 3.34. The van der Waals surface area contributed by atoms with Crippen LogP contribution in [0, 0.1) is 13.8 Å². The quantitative estimate of drug-likeness (QED) is 0.555. The van der Waals surface area contributed by atoms with E-state index in [0.29, 0.717) is 39.5 Å². The van der Waals surface area contributed by atoms with Gasteiger partial charge in [-0.1, -0.05) is 4.49 Å². The summed E-state index contributed by atoms with van der Waals surface area (Å²) in [6.07, 6.45) is 3.47. The van der Waals surface area contributed by atoms with Crippen LogP contribution in [0.4, 0.5) is 5.69 Å². The van der Waals surface area contributed by atoms with Crippen LogP contribution in [0.1, 0.15) is 21.2 Å². The second-order valence-electron chi connectivity index (χ2n) is 5.83. The Hall–Kier alpha value is -3.66. The molecule has 1 N–H and O–H groups in total. The van der Waals surface area contributed by atoms with Crippen molar-refractivity contribution in [1.29, 1.82) is 0 Å². The van der Waals surface area contributed by atoms with Gasteiger partial charge >= 0.3 is 0 Å². The number of nitrogens with one attached hydrogen (secondary N) is 1. The number of hydrogen-bond acceptors (Lipinski definition) is 8. The Labute approximate surface area is 164 Å². The zero-order valence-corrected chi connectivity index (χ0v) is 15.8. The molecule has 0 aliphatic carbocycles. The van der Waals surface area contributed by atoms with E-state index in [-0.39, 0.29) is 5.91 Å². The molecule has 28 heavy (non-hydrogen) atoms. The van der Waals surface area contributed by atoms with Crippen LogP contribution in [0.25, 0.3) is 5.82 Å². The molecule has 0 atom stereocenters. The van der Waals surface area contributed by atoms with Gasteiger partial charge in [-0.3, -0.25) is 4.79 Å². The molecule has 0 aliphatic rings. The van der Waals surface area contributed by atoms with E-state index in [0.717, 1.165) is 11.5 Å². The Bertz CT molecular complexity index is 1110. The topological polar surface area (TPSA) is 108 Å². The highest BCUT2D eigenvalue weighted by Gasteiger charge is 2.13. The number of hydrogen-bond donors (Lipinski definition) is 1. The van der Waals surface area contributed by atoms with Crippen LogP contribution in [-0.4, -0.2) is 35.2 Å². The van der Waals surface area contributed by atoms with Crippen molar-refractivity contribution < 1.29 is 9.53 Å². The Kier molecular flexibility index (Phi) is 4.77. The number of nitrogens with zero attached hydrogens (tertiary/aromatic N) is 6. The molecule has 1 amide bonds. The molecule has 0 radical (unpaired) electrons. The molecular formula is C18H15N7O2S. The first kappa shape index (κ1) is 17.7. The van der Waals surface area contributed by atoms with Gasteiger partial charge in [0, 0.05) is 24.1 Å². The minimum Gasteiger partial charge on any atom is -0.439 e. The number of aryl methyl sites for hydroxylation is 2. The molecule has 4 rings (SSSR count). The maximum atomic E-state index is 12.2. The summed E-state index contributed by atoms with van der Waals surface area (Å²) in [6.45, 7) is 3.53. The van der Waals surface area contributed by atoms with Gasteiger partial charge in [0.15, 0.2) is 5.82 Å². The van der Waals surface area contributed by atoms with Gasteiger partial charge in [-0.15, -0.1) is 5.10 Å². The van der Waals surface area contributed by atoms with Crippen LogP contribution in [0.3, 0.4) is 0 Å². The van der Waals surface area contributed by atoms with Gasteiger partial charge in [0.1, 0.15) is 16.5 Å². The fraction of sp³-hybridized carbons (Fsp3) is 0.111. The van der Waals surface area contributed by atoms with Gasteiger partial charge in [0.25, 0.3) is 5.91 Å². The van der Waals surface area contributed by atoms with Crippen molar-refractivity contribution in [2.24, 2.45) is 0 Å². The second-order valence-corrected chi connectivity index (χ2v) is 6.58. The first-order chi connectivity index (χ1) is 13.6. The maximum Gasteiger partial charge on any atom is 0.269 e. The van der Waals surface area contributed by atoms with Crippen LogP contribution >= 0.6 is 11.5 Å². The second kappa shape index (κ2) is 7.53. The minimum absolute atomic E-state index is 0.239. The van der Waals surface area contributed by atoms with E-state index in [1.807, 2.05) is 6.07 Å². The van der Waals surface area contributed by atoms with Crippen LogP contribution in [0.5, 0.6) is 11.6 Å². The minimum atomic E-state index is -0.239. The van der Waals surface area contributed by atoms with Crippen molar-refractivity contribution in [3.63, 3.8) is 0 Å². The third-order valence-corrected chi connectivity index (χ3v) is 4.56. The van der Waals surface area contributed by atoms with Gasteiger partial charge in [0.05, 0.1) is 5.69 Å². The molecule has 1 aromatic carbocycles. The summed E-state index contributed by atoms with van der Waals surface area (Å²) in [5.41, 5.74) is 1.25. The van der Waals surface area contributed by atoms with Gasteiger partial charge < -0.3 is 10.1 Å². The molecule has 0 bridgehead atoms. The summed E-state index contributed by atoms with van der Waals surface area (Å²) in [4.78, 5) is 21.4. The van der Waals surface area contributed by atoms with Crippen molar-refractivity contribution in [3.05, 3.63) is 65.2 Å². The van der Waals surface area contributed by atoms with Gasteiger partial charge in [-0.05, 0) is 55.7 Å². The summed E-state index contributed by atoms with van der Waals surface area (Å²) in [7, 11) is 0. The lowest BCUT2D eigenvalue weighted by Gasteiger charge is -2.09. The molecule has 0 fully saturated rings. The molecule has 140 valence electrons. The van der Waals surface area contributed by atoms with Crippen LogP contribution in [0.2, 0.25) is 0 Å². The van der Waals surface area contributed by atoms with Crippen molar-refractivity contribution in [2.45, 2.75) is 13.8 Å². The number of benzene rings is 1. The van der Waals surface area contributed by atoms with Crippen molar-refractivity contribution in [3.8, 4) is 17.4 Å². The molecule has 0 aliphatic heterocycles. The fourth-order valence-corrected chi connectivity index (χ4v) is 3.01. The monoisotopic (exact) mass is 393 g/mol. The molecule has 3 heterocycles. The number of anilines is 1. The number of aromatic nitrogens is 6. The molecule has 0 spiro atoms. The summed E-state index contributed by atoms with van der Waals surface area (Å²) in [6, 6.07) is 10.5. The summed E-state index contributed by atoms with van der Waals surface area (Å²) < 4.78 is 11.2. The number of carbonyl (C=O) groups excluding carboxylic acids is 1. The highest BCUT2D eigenvalue weighted by Crippen LogP contribution is 2.23. The molecule has 9 nitrogen and oxygen atoms in total. The number of ether oxygens (including phenoxy) is 1. The zero-order valence-electron chi connectivity index (χ0n) is 15.0. The number of carbonyl (C=O) groups is 1. The maximum absolute atomic E-state index is 12.2. The largest absolute Gasteiger partial charge is 0.439 e. The number of rotatable bonds is 5. The third-order valence-electron chi connectivity index (χ3n) is 3.73. The molecule has 4 aromatic rings. The highest BCUT2D eigenvalue weighted by atomic mass is 32.1. The fourth-order valence-electron chi connectivity index (χ4n) is 2.45. The highest BCUT2D eigenvalue weighted by molar-refractivity contribution is 7.08. The zero-order chi connectivity index (χ0) is 19.5. The lowest BCUT2D eigenvalue weighted by atomic mass is 10.3.